The second kappa shape index (κ2) is 11.3. The minimum absolute atomic E-state index is 0.0610. The van der Waals surface area contributed by atoms with Gasteiger partial charge >= 0.3 is 6.18 Å². The quantitative estimate of drug-likeness (QED) is 0.279. The number of benzene rings is 2. The van der Waals surface area contributed by atoms with Crippen LogP contribution >= 0.6 is 11.8 Å². The third-order valence-electron chi connectivity index (χ3n) is 4.88. The largest absolute Gasteiger partial charge is 0.497 e. The second-order valence-corrected chi connectivity index (χ2v) is 8.81. The minimum Gasteiger partial charge on any atom is -0.497 e. The number of carbonyl (C=O) groups is 1. The zero-order chi connectivity index (χ0) is 25.6. The van der Waals surface area contributed by atoms with E-state index < -0.39 is 29.0 Å². The smallest absolute Gasteiger partial charge is 0.416 e. The van der Waals surface area contributed by atoms with Crippen LogP contribution in [0.5, 0.6) is 11.5 Å². The number of ether oxygens (including phenoxy) is 2. The molecular weight excluding hydrogens is 481 g/mol. The number of hydrogen-bond donors (Lipinski definition) is 1. The zero-order valence-electron chi connectivity index (χ0n) is 19.4. The molecule has 0 saturated heterocycles. The molecule has 1 amide bonds. The van der Waals surface area contributed by atoms with E-state index >= 15 is 0 Å². The minimum atomic E-state index is -4.50. The highest BCUT2D eigenvalue weighted by Crippen LogP contribution is 2.32. The van der Waals surface area contributed by atoms with Crippen LogP contribution in [0.2, 0.25) is 0 Å². The lowest BCUT2D eigenvalue weighted by Gasteiger charge is -2.17. The van der Waals surface area contributed by atoms with E-state index in [0.717, 1.165) is 23.9 Å². The van der Waals surface area contributed by atoms with Crippen molar-refractivity contribution in [2.45, 2.75) is 43.1 Å². The molecule has 3 aromatic rings. The molecule has 0 bridgehead atoms. The molecule has 2 aromatic carbocycles. The van der Waals surface area contributed by atoms with Gasteiger partial charge in [-0.1, -0.05) is 30.0 Å². The average Bonchev–Trinajstić information content (AvgIpc) is 3.21. The summed E-state index contributed by atoms with van der Waals surface area (Å²) in [6.07, 6.45) is -3.30. The molecule has 2 unspecified atom stereocenters. The molecule has 0 aliphatic heterocycles. The average molecular weight is 507 g/mol. The number of anilines is 1. The summed E-state index contributed by atoms with van der Waals surface area (Å²) in [7, 11) is 1.57. The second-order valence-electron chi connectivity index (χ2n) is 7.51. The van der Waals surface area contributed by atoms with Crippen LogP contribution in [0.25, 0.3) is 0 Å². The maximum Gasteiger partial charge on any atom is 0.416 e. The number of thioether (sulfide) groups is 1. The van der Waals surface area contributed by atoms with Gasteiger partial charge in [0.05, 0.1) is 17.9 Å². The first kappa shape index (κ1) is 26.1. The molecule has 0 fully saturated rings. The van der Waals surface area contributed by atoms with Crippen molar-refractivity contribution in [3.63, 3.8) is 0 Å². The van der Waals surface area contributed by atoms with Gasteiger partial charge in [0, 0.05) is 18.3 Å². The fourth-order valence-electron chi connectivity index (χ4n) is 3.15. The summed E-state index contributed by atoms with van der Waals surface area (Å²) in [5.74, 6) is 1.30. The van der Waals surface area contributed by atoms with Crippen molar-refractivity contribution in [2.24, 2.45) is 0 Å². The number of allylic oxidation sites excluding steroid dienone is 1. The van der Waals surface area contributed by atoms with Crippen molar-refractivity contribution in [3.8, 4) is 11.5 Å². The highest BCUT2D eigenvalue weighted by molar-refractivity contribution is 8.00. The number of rotatable bonds is 10. The van der Waals surface area contributed by atoms with Gasteiger partial charge in [0.2, 0.25) is 5.91 Å². The van der Waals surface area contributed by atoms with Crippen LogP contribution in [0.1, 0.15) is 31.3 Å². The molecule has 186 valence electrons. The van der Waals surface area contributed by atoms with E-state index in [-0.39, 0.29) is 5.69 Å². The summed E-state index contributed by atoms with van der Waals surface area (Å²) in [6, 6.07) is 11.6. The standard InChI is InChI=1S/C24H25F3N4O3S/c1-5-12-31-21(15(2)34-20-11-7-10-19(14-20)33-4)29-30-23(31)35-16(3)22(32)28-18-9-6-8-17(13-18)24(25,26)27/h5-11,13-16H,1,12H2,2-4H3,(H,28,32). The molecule has 2 atom stereocenters. The lowest BCUT2D eigenvalue weighted by molar-refractivity contribution is -0.137. The van der Waals surface area contributed by atoms with Crippen LogP contribution < -0.4 is 14.8 Å². The molecule has 1 N–H and O–H groups in total. The molecule has 0 spiro atoms. The first-order valence-electron chi connectivity index (χ1n) is 10.6. The Balaban J connectivity index is 1.72. The van der Waals surface area contributed by atoms with Crippen LogP contribution in [-0.4, -0.2) is 33.0 Å². The summed E-state index contributed by atoms with van der Waals surface area (Å²) in [4.78, 5) is 12.7. The highest BCUT2D eigenvalue weighted by Gasteiger charge is 2.31. The van der Waals surface area contributed by atoms with Gasteiger partial charge in [0.1, 0.15) is 11.5 Å². The van der Waals surface area contributed by atoms with Crippen LogP contribution in [0.15, 0.2) is 66.3 Å². The third-order valence-corrected chi connectivity index (χ3v) is 5.96. The number of carbonyl (C=O) groups excluding carboxylic acids is 1. The number of amides is 1. The highest BCUT2D eigenvalue weighted by atomic mass is 32.2. The zero-order valence-corrected chi connectivity index (χ0v) is 20.2. The molecule has 0 radical (unpaired) electrons. The van der Waals surface area contributed by atoms with Crippen LogP contribution in [0.3, 0.4) is 0 Å². The number of methoxy groups -OCH3 is 1. The van der Waals surface area contributed by atoms with Crippen molar-refractivity contribution in [3.05, 3.63) is 72.6 Å². The fraction of sp³-hybridized carbons (Fsp3) is 0.292. The van der Waals surface area contributed by atoms with Crippen molar-refractivity contribution in [1.29, 1.82) is 0 Å². The van der Waals surface area contributed by atoms with Gasteiger partial charge in [-0.2, -0.15) is 13.2 Å². The Morgan fingerprint density at radius 2 is 1.89 bits per heavy atom. The Hall–Kier alpha value is -3.47. The lowest BCUT2D eigenvalue weighted by Crippen LogP contribution is -2.23. The molecule has 0 saturated carbocycles. The summed E-state index contributed by atoms with van der Waals surface area (Å²) in [5.41, 5.74) is -0.776. The Labute approximate surface area is 205 Å². The molecule has 1 aromatic heterocycles. The number of nitrogens with one attached hydrogen (secondary N) is 1. The Kier molecular flexibility index (Phi) is 8.44. The van der Waals surface area contributed by atoms with E-state index in [0.29, 0.717) is 29.0 Å². The SMILES string of the molecule is C=CCn1c(SC(C)C(=O)Nc2cccc(C(F)(F)F)c2)nnc1C(C)Oc1cccc(OC)c1. The molecule has 0 aliphatic rings. The maximum absolute atomic E-state index is 13.0. The van der Waals surface area contributed by atoms with Gasteiger partial charge in [0.15, 0.2) is 17.1 Å². The number of nitrogens with zero attached hydrogens (tertiary/aromatic N) is 3. The van der Waals surface area contributed by atoms with E-state index in [2.05, 4.69) is 22.1 Å². The third kappa shape index (κ3) is 6.78. The predicted molar refractivity (Wildman–Crippen MR) is 128 cm³/mol. The van der Waals surface area contributed by atoms with E-state index in [1.807, 2.05) is 6.92 Å². The Morgan fingerprint density at radius 1 is 1.17 bits per heavy atom. The first-order valence-corrected chi connectivity index (χ1v) is 11.5. The number of alkyl halides is 3. The molecule has 7 nitrogen and oxygen atoms in total. The van der Waals surface area contributed by atoms with Gasteiger partial charge < -0.3 is 14.8 Å². The van der Waals surface area contributed by atoms with E-state index in [1.54, 1.807) is 48.9 Å². The molecule has 11 heteroatoms. The number of aromatic nitrogens is 3. The topological polar surface area (TPSA) is 78.3 Å². The molecule has 35 heavy (non-hydrogen) atoms. The molecule has 0 aliphatic carbocycles. The van der Waals surface area contributed by atoms with Crippen LogP contribution in [-0.2, 0) is 17.5 Å². The summed E-state index contributed by atoms with van der Waals surface area (Å²) < 4.78 is 51.8. The Morgan fingerprint density at radius 3 is 2.57 bits per heavy atom. The summed E-state index contributed by atoms with van der Waals surface area (Å²) in [6.45, 7) is 7.60. The van der Waals surface area contributed by atoms with Crippen LogP contribution in [0.4, 0.5) is 18.9 Å². The maximum atomic E-state index is 13.0. The normalized spacial score (nSPS) is 13.1. The fourth-order valence-corrected chi connectivity index (χ4v) is 4.01. The van der Waals surface area contributed by atoms with Gasteiger partial charge in [-0.05, 0) is 44.2 Å². The van der Waals surface area contributed by atoms with Crippen LogP contribution in [0, 0.1) is 0 Å². The predicted octanol–water partition coefficient (Wildman–Crippen LogP) is 5.75. The van der Waals surface area contributed by atoms with E-state index in [9.17, 15) is 18.0 Å². The number of hydrogen-bond acceptors (Lipinski definition) is 6. The first-order chi connectivity index (χ1) is 16.6. The Bertz CT molecular complexity index is 1180. The summed E-state index contributed by atoms with van der Waals surface area (Å²) >= 11 is 1.13. The van der Waals surface area contributed by atoms with Gasteiger partial charge in [0.25, 0.3) is 0 Å². The number of halogens is 3. The van der Waals surface area contributed by atoms with Gasteiger partial charge in [-0.3, -0.25) is 9.36 Å². The van der Waals surface area contributed by atoms with E-state index in [1.165, 1.54) is 12.1 Å². The molecule has 3 rings (SSSR count). The van der Waals surface area contributed by atoms with E-state index in [4.69, 9.17) is 9.47 Å². The molecular formula is C24H25F3N4O3S. The van der Waals surface area contributed by atoms with Crippen molar-refractivity contribution < 1.29 is 27.4 Å². The van der Waals surface area contributed by atoms with Crippen molar-refractivity contribution in [1.82, 2.24) is 14.8 Å². The van der Waals surface area contributed by atoms with Crippen molar-refractivity contribution in [2.75, 3.05) is 12.4 Å². The summed E-state index contributed by atoms with van der Waals surface area (Å²) in [5, 5.41) is 10.8. The lowest BCUT2D eigenvalue weighted by atomic mass is 10.2. The van der Waals surface area contributed by atoms with Gasteiger partial charge in [-0.15, -0.1) is 16.8 Å². The van der Waals surface area contributed by atoms with Crippen molar-refractivity contribution >= 4 is 23.4 Å². The molecule has 1 heterocycles. The monoisotopic (exact) mass is 506 g/mol. The van der Waals surface area contributed by atoms with Gasteiger partial charge in [-0.25, -0.2) is 0 Å².